The minimum atomic E-state index is -0.649. The number of Topliss-reactive ketones (excluding diaryl/α,β-unsaturated/α-hetero) is 1. The number of ketones is 1. The number of nitrogens with zero attached hydrogens (tertiary/aromatic N) is 3. The first kappa shape index (κ1) is 19.3. The Bertz CT molecular complexity index is 1130. The van der Waals surface area contributed by atoms with Crippen molar-refractivity contribution in [1.82, 2.24) is 9.55 Å². The first-order valence-corrected chi connectivity index (χ1v) is 8.83. The first-order chi connectivity index (χ1) is 13.4. The fourth-order valence-corrected chi connectivity index (χ4v) is 3.11. The van der Waals surface area contributed by atoms with Gasteiger partial charge < -0.3 is 5.11 Å². The molecule has 0 unspecified atom stereocenters. The van der Waals surface area contributed by atoms with Crippen LogP contribution in [0, 0.1) is 18.3 Å². The second kappa shape index (κ2) is 8.07. The average Bonchev–Trinajstić information content (AvgIpc) is 2.68. The molecule has 0 aliphatic heterocycles. The average molecular weight is 394 g/mol. The van der Waals surface area contributed by atoms with Crippen molar-refractivity contribution < 1.29 is 9.90 Å². The fraction of sp³-hybridized carbons (Fsp3) is 0.143. The summed E-state index contributed by atoms with van der Waals surface area (Å²) in [4.78, 5) is 29.5. The number of aromatic nitrogens is 2. The van der Waals surface area contributed by atoms with Crippen LogP contribution in [0.15, 0.2) is 53.6 Å². The van der Waals surface area contributed by atoms with Crippen molar-refractivity contribution in [3.63, 3.8) is 0 Å². The van der Waals surface area contributed by atoms with Crippen molar-refractivity contribution in [1.29, 1.82) is 5.26 Å². The molecule has 7 heteroatoms. The van der Waals surface area contributed by atoms with E-state index in [1.807, 2.05) is 6.07 Å². The molecule has 0 fully saturated rings. The predicted molar refractivity (Wildman–Crippen MR) is 105 cm³/mol. The zero-order valence-corrected chi connectivity index (χ0v) is 15.8. The number of halogens is 1. The molecule has 1 aromatic carbocycles. The van der Waals surface area contributed by atoms with Crippen LogP contribution in [0.2, 0.25) is 5.02 Å². The van der Waals surface area contributed by atoms with Crippen molar-refractivity contribution in [2.45, 2.75) is 19.9 Å². The molecule has 3 aromatic rings. The Labute approximate surface area is 166 Å². The predicted octanol–water partition coefficient (Wildman–Crippen LogP) is 3.26. The van der Waals surface area contributed by atoms with Gasteiger partial charge in [0.05, 0.1) is 12.1 Å². The molecule has 0 radical (unpaired) electrons. The molecule has 6 nitrogen and oxygen atoms in total. The van der Waals surface area contributed by atoms with E-state index in [4.69, 9.17) is 11.6 Å². The highest BCUT2D eigenvalue weighted by Crippen LogP contribution is 2.24. The summed E-state index contributed by atoms with van der Waals surface area (Å²) in [6, 6.07) is 12.0. The minimum Gasteiger partial charge on any atom is -0.494 e. The molecule has 0 saturated heterocycles. The molecule has 0 atom stereocenters. The van der Waals surface area contributed by atoms with Gasteiger partial charge in [-0.2, -0.15) is 5.26 Å². The fourth-order valence-electron chi connectivity index (χ4n) is 2.98. The highest BCUT2D eigenvalue weighted by Gasteiger charge is 2.24. The summed E-state index contributed by atoms with van der Waals surface area (Å²) in [5.74, 6) is -0.849. The maximum atomic E-state index is 12.9. The highest BCUT2D eigenvalue weighted by molar-refractivity contribution is 6.30. The summed E-state index contributed by atoms with van der Waals surface area (Å²) in [5.41, 5.74) is 0.687. The monoisotopic (exact) mass is 393 g/mol. The molecule has 140 valence electrons. The van der Waals surface area contributed by atoms with Crippen LogP contribution in [0.1, 0.15) is 32.6 Å². The lowest BCUT2D eigenvalue weighted by Gasteiger charge is -2.15. The standard InChI is InChI=1S/C21H16ClN3O3/c1-13-17(10-23)20(27)25(12-15-3-2-8-24-11-15)21(28)19(13)18(26)9-14-4-6-16(22)7-5-14/h2-8,11,28H,9,12H2,1H3. The Balaban J connectivity index is 2.08. The number of carbonyl (C=O) groups excluding carboxylic acids is 1. The normalized spacial score (nSPS) is 10.5. The second-order valence-electron chi connectivity index (χ2n) is 6.29. The van der Waals surface area contributed by atoms with Crippen LogP contribution in [0.25, 0.3) is 0 Å². The maximum absolute atomic E-state index is 12.9. The number of pyridine rings is 2. The van der Waals surface area contributed by atoms with Crippen LogP contribution < -0.4 is 5.56 Å². The van der Waals surface area contributed by atoms with Crippen molar-refractivity contribution in [3.8, 4) is 11.9 Å². The molecule has 0 amide bonds. The Morgan fingerprint density at radius 2 is 1.96 bits per heavy atom. The van der Waals surface area contributed by atoms with Gasteiger partial charge in [0, 0.05) is 23.8 Å². The molecule has 3 rings (SSSR count). The Morgan fingerprint density at radius 3 is 2.57 bits per heavy atom. The lowest BCUT2D eigenvalue weighted by atomic mass is 9.97. The number of aromatic hydroxyl groups is 1. The van der Waals surface area contributed by atoms with Gasteiger partial charge in [0.25, 0.3) is 5.56 Å². The molecule has 0 spiro atoms. The molecule has 0 aliphatic rings. The summed E-state index contributed by atoms with van der Waals surface area (Å²) >= 11 is 5.87. The number of nitriles is 1. The third kappa shape index (κ3) is 3.80. The molecular weight excluding hydrogens is 378 g/mol. The van der Waals surface area contributed by atoms with Crippen LogP contribution >= 0.6 is 11.6 Å². The lowest BCUT2D eigenvalue weighted by Crippen LogP contribution is -2.27. The minimum absolute atomic E-state index is 0.00152. The van der Waals surface area contributed by atoms with Crippen molar-refractivity contribution in [2.75, 3.05) is 0 Å². The molecule has 2 aromatic heterocycles. The van der Waals surface area contributed by atoms with Gasteiger partial charge in [0.2, 0.25) is 5.88 Å². The molecule has 2 heterocycles. The van der Waals surface area contributed by atoms with Crippen molar-refractivity contribution >= 4 is 17.4 Å². The zero-order chi connectivity index (χ0) is 20.3. The number of hydrogen-bond acceptors (Lipinski definition) is 5. The van der Waals surface area contributed by atoms with Gasteiger partial charge in [0.15, 0.2) is 5.78 Å². The first-order valence-electron chi connectivity index (χ1n) is 8.45. The second-order valence-corrected chi connectivity index (χ2v) is 6.73. The SMILES string of the molecule is Cc1c(C(=O)Cc2ccc(Cl)cc2)c(O)n(Cc2cccnc2)c(=O)c1C#N. The van der Waals surface area contributed by atoms with Crippen LogP contribution in [-0.4, -0.2) is 20.4 Å². The number of carbonyl (C=O) groups is 1. The topological polar surface area (TPSA) is 96.0 Å². The Hall–Kier alpha value is -3.43. The van der Waals surface area contributed by atoms with E-state index >= 15 is 0 Å². The van der Waals surface area contributed by atoms with Crippen LogP contribution in [-0.2, 0) is 13.0 Å². The van der Waals surface area contributed by atoms with E-state index in [-0.39, 0.29) is 29.7 Å². The summed E-state index contributed by atoms with van der Waals surface area (Å²) in [5, 5.41) is 20.7. The highest BCUT2D eigenvalue weighted by atomic mass is 35.5. The summed E-state index contributed by atoms with van der Waals surface area (Å²) in [7, 11) is 0. The van der Waals surface area contributed by atoms with Crippen LogP contribution in [0.4, 0.5) is 0 Å². The van der Waals surface area contributed by atoms with E-state index in [0.717, 1.165) is 4.57 Å². The summed E-state index contributed by atoms with van der Waals surface area (Å²) in [6.45, 7) is 1.48. The number of rotatable bonds is 5. The van der Waals surface area contributed by atoms with Gasteiger partial charge in [-0.25, -0.2) is 0 Å². The third-order valence-corrected chi connectivity index (χ3v) is 4.67. The summed E-state index contributed by atoms with van der Waals surface area (Å²) in [6.07, 6.45) is 3.14. The number of hydrogen-bond donors (Lipinski definition) is 1. The Kier molecular flexibility index (Phi) is 5.57. The largest absolute Gasteiger partial charge is 0.494 e. The van der Waals surface area contributed by atoms with Crippen LogP contribution in [0.5, 0.6) is 5.88 Å². The van der Waals surface area contributed by atoms with Crippen molar-refractivity contribution in [2.24, 2.45) is 0 Å². The van der Waals surface area contributed by atoms with E-state index in [9.17, 15) is 20.0 Å². The van der Waals surface area contributed by atoms with Gasteiger partial charge >= 0.3 is 0 Å². The smallest absolute Gasteiger partial charge is 0.271 e. The van der Waals surface area contributed by atoms with Gasteiger partial charge in [-0.05, 0) is 41.8 Å². The molecule has 28 heavy (non-hydrogen) atoms. The van der Waals surface area contributed by atoms with Crippen LogP contribution in [0.3, 0.4) is 0 Å². The molecule has 0 bridgehead atoms. The van der Waals surface area contributed by atoms with E-state index in [1.54, 1.807) is 48.8 Å². The van der Waals surface area contributed by atoms with E-state index in [2.05, 4.69) is 4.98 Å². The van der Waals surface area contributed by atoms with Gasteiger partial charge in [-0.3, -0.25) is 19.1 Å². The van der Waals surface area contributed by atoms with E-state index < -0.39 is 17.2 Å². The Morgan fingerprint density at radius 1 is 1.25 bits per heavy atom. The van der Waals surface area contributed by atoms with Crippen molar-refractivity contribution in [3.05, 3.63) is 92.0 Å². The van der Waals surface area contributed by atoms with E-state index in [1.165, 1.54) is 6.92 Å². The number of benzene rings is 1. The van der Waals surface area contributed by atoms with Gasteiger partial charge in [-0.1, -0.05) is 29.8 Å². The van der Waals surface area contributed by atoms with Gasteiger partial charge in [-0.15, -0.1) is 0 Å². The molecule has 0 saturated carbocycles. The quantitative estimate of drug-likeness (QED) is 0.671. The molecule has 1 N–H and O–H groups in total. The molecule has 0 aliphatic carbocycles. The summed E-state index contributed by atoms with van der Waals surface area (Å²) < 4.78 is 1.03. The lowest BCUT2D eigenvalue weighted by molar-refractivity contribution is 0.0988. The van der Waals surface area contributed by atoms with Gasteiger partial charge in [0.1, 0.15) is 11.6 Å². The van der Waals surface area contributed by atoms with E-state index in [0.29, 0.717) is 16.1 Å². The zero-order valence-electron chi connectivity index (χ0n) is 15.0. The molecular formula is C21H16ClN3O3. The maximum Gasteiger partial charge on any atom is 0.271 e. The third-order valence-electron chi connectivity index (χ3n) is 4.42.